The molecular formula is C11H20N2O4. The Morgan fingerprint density at radius 2 is 2.24 bits per heavy atom. The largest absolute Gasteiger partial charge is 0.480 e. The van der Waals surface area contributed by atoms with E-state index in [1.807, 2.05) is 6.92 Å². The summed E-state index contributed by atoms with van der Waals surface area (Å²) in [4.78, 5) is 23.5. The number of nitrogens with one attached hydrogen (secondary N) is 1. The van der Waals surface area contributed by atoms with Crippen molar-refractivity contribution >= 4 is 12.0 Å². The summed E-state index contributed by atoms with van der Waals surface area (Å²) in [5, 5.41) is 11.4. The zero-order valence-electron chi connectivity index (χ0n) is 10.4. The second-order valence-corrected chi connectivity index (χ2v) is 4.47. The van der Waals surface area contributed by atoms with E-state index in [1.54, 1.807) is 6.92 Å². The Bertz CT molecular complexity index is 287. The third kappa shape index (κ3) is 4.22. The van der Waals surface area contributed by atoms with Crippen LogP contribution >= 0.6 is 0 Å². The third-order valence-corrected chi connectivity index (χ3v) is 2.91. The summed E-state index contributed by atoms with van der Waals surface area (Å²) in [5.41, 5.74) is -0.307. The van der Waals surface area contributed by atoms with Gasteiger partial charge in [0.2, 0.25) is 0 Å². The van der Waals surface area contributed by atoms with Gasteiger partial charge in [-0.05, 0) is 26.7 Å². The maximum Gasteiger partial charge on any atom is 0.323 e. The van der Waals surface area contributed by atoms with Gasteiger partial charge in [-0.15, -0.1) is 0 Å². The second kappa shape index (κ2) is 5.86. The Kier molecular flexibility index (Phi) is 4.74. The molecule has 0 aromatic carbocycles. The molecule has 2 amide bonds. The fourth-order valence-electron chi connectivity index (χ4n) is 1.84. The van der Waals surface area contributed by atoms with Gasteiger partial charge in [0, 0.05) is 19.7 Å². The molecule has 1 rings (SSSR count). The summed E-state index contributed by atoms with van der Waals surface area (Å²) in [6.45, 7) is 4.93. The summed E-state index contributed by atoms with van der Waals surface area (Å²) in [7, 11) is 0. The number of carbonyl (C=O) groups is 2. The SMILES string of the molecule is CCN(CC(=O)O)C(=O)NCC1(C)CCCO1. The molecular weight excluding hydrogens is 224 g/mol. The first kappa shape index (κ1) is 13.8. The molecule has 1 aliphatic heterocycles. The van der Waals surface area contributed by atoms with Crippen molar-refractivity contribution in [3.63, 3.8) is 0 Å². The molecule has 1 fully saturated rings. The van der Waals surface area contributed by atoms with Crippen LogP contribution in [0, 0.1) is 0 Å². The van der Waals surface area contributed by atoms with Gasteiger partial charge in [-0.2, -0.15) is 0 Å². The smallest absolute Gasteiger partial charge is 0.323 e. The van der Waals surface area contributed by atoms with Gasteiger partial charge in [0.1, 0.15) is 6.54 Å². The minimum absolute atomic E-state index is 0.278. The number of hydrogen-bond donors (Lipinski definition) is 2. The van der Waals surface area contributed by atoms with Crippen LogP contribution in [0.3, 0.4) is 0 Å². The number of carbonyl (C=O) groups excluding carboxylic acids is 1. The first-order valence-electron chi connectivity index (χ1n) is 5.85. The number of aliphatic carboxylic acids is 1. The number of nitrogens with zero attached hydrogens (tertiary/aromatic N) is 1. The van der Waals surface area contributed by atoms with E-state index in [0.717, 1.165) is 19.4 Å². The van der Waals surface area contributed by atoms with E-state index < -0.39 is 5.97 Å². The molecule has 1 aliphatic rings. The Labute approximate surface area is 101 Å². The molecule has 0 aliphatic carbocycles. The standard InChI is InChI=1S/C11H20N2O4/c1-3-13(7-9(14)15)10(16)12-8-11(2)5-4-6-17-11/h3-8H2,1-2H3,(H,12,16)(H,14,15). The lowest BCUT2D eigenvalue weighted by Gasteiger charge is -2.26. The van der Waals surface area contributed by atoms with Gasteiger partial charge in [0.15, 0.2) is 0 Å². The summed E-state index contributed by atoms with van der Waals surface area (Å²) in [6, 6.07) is -0.355. The quantitative estimate of drug-likeness (QED) is 0.745. The summed E-state index contributed by atoms with van der Waals surface area (Å²) < 4.78 is 5.54. The first-order valence-corrected chi connectivity index (χ1v) is 5.85. The van der Waals surface area contributed by atoms with Gasteiger partial charge in [-0.3, -0.25) is 4.79 Å². The highest BCUT2D eigenvalue weighted by molar-refractivity contribution is 5.80. The predicted octanol–water partition coefficient (Wildman–Crippen LogP) is 0.672. The number of carboxylic acid groups (broad SMARTS) is 1. The zero-order chi connectivity index (χ0) is 12.9. The molecule has 98 valence electrons. The van der Waals surface area contributed by atoms with Crippen molar-refractivity contribution in [2.75, 3.05) is 26.2 Å². The zero-order valence-corrected chi connectivity index (χ0v) is 10.4. The van der Waals surface area contributed by atoms with Gasteiger partial charge < -0.3 is 20.1 Å². The minimum atomic E-state index is -1.01. The van der Waals surface area contributed by atoms with Crippen molar-refractivity contribution in [2.24, 2.45) is 0 Å². The molecule has 2 N–H and O–H groups in total. The fourth-order valence-corrected chi connectivity index (χ4v) is 1.84. The van der Waals surface area contributed by atoms with E-state index in [0.29, 0.717) is 13.1 Å². The third-order valence-electron chi connectivity index (χ3n) is 2.91. The monoisotopic (exact) mass is 244 g/mol. The molecule has 0 radical (unpaired) electrons. The van der Waals surface area contributed by atoms with Crippen LogP contribution in [0.2, 0.25) is 0 Å². The van der Waals surface area contributed by atoms with Crippen LogP contribution in [-0.2, 0) is 9.53 Å². The van der Waals surface area contributed by atoms with Crippen LogP contribution in [0.1, 0.15) is 26.7 Å². The number of likely N-dealkylation sites (N-methyl/N-ethyl adjacent to an activating group) is 1. The minimum Gasteiger partial charge on any atom is -0.480 e. The Balaban J connectivity index is 2.39. The molecule has 6 heteroatoms. The number of hydrogen-bond acceptors (Lipinski definition) is 3. The lowest BCUT2D eigenvalue weighted by molar-refractivity contribution is -0.137. The molecule has 6 nitrogen and oxygen atoms in total. The van der Waals surface area contributed by atoms with E-state index in [1.165, 1.54) is 4.90 Å². The highest BCUT2D eigenvalue weighted by Gasteiger charge is 2.30. The predicted molar refractivity (Wildman–Crippen MR) is 61.9 cm³/mol. The van der Waals surface area contributed by atoms with Crippen LogP contribution in [0.5, 0.6) is 0 Å². The summed E-state index contributed by atoms with van der Waals surface area (Å²) in [5.74, 6) is -1.01. The maximum atomic E-state index is 11.7. The average Bonchev–Trinajstić information content (AvgIpc) is 2.70. The van der Waals surface area contributed by atoms with Crippen LogP contribution in [0.25, 0.3) is 0 Å². The van der Waals surface area contributed by atoms with Crippen molar-refractivity contribution in [3.8, 4) is 0 Å². The number of amides is 2. The van der Waals surface area contributed by atoms with Gasteiger partial charge >= 0.3 is 12.0 Å². The van der Waals surface area contributed by atoms with Crippen LogP contribution in [-0.4, -0.2) is 53.8 Å². The number of rotatable bonds is 5. The van der Waals surface area contributed by atoms with Crippen molar-refractivity contribution in [1.29, 1.82) is 0 Å². The van der Waals surface area contributed by atoms with E-state index in [9.17, 15) is 9.59 Å². The number of carboxylic acids is 1. The van der Waals surface area contributed by atoms with Crippen molar-refractivity contribution in [2.45, 2.75) is 32.3 Å². The topological polar surface area (TPSA) is 78.9 Å². The molecule has 1 heterocycles. The normalized spacial score (nSPS) is 23.4. The lowest BCUT2D eigenvalue weighted by Crippen LogP contribution is -2.47. The lowest BCUT2D eigenvalue weighted by atomic mass is 10.0. The van der Waals surface area contributed by atoms with Gasteiger partial charge in [0.05, 0.1) is 5.60 Å². The maximum absolute atomic E-state index is 11.7. The van der Waals surface area contributed by atoms with E-state index in [4.69, 9.17) is 9.84 Å². The number of ether oxygens (including phenoxy) is 1. The fraction of sp³-hybridized carbons (Fsp3) is 0.818. The molecule has 0 bridgehead atoms. The second-order valence-electron chi connectivity index (χ2n) is 4.47. The Morgan fingerprint density at radius 1 is 1.53 bits per heavy atom. The van der Waals surface area contributed by atoms with E-state index in [-0.39, 0.29) is 18.2 Å². The van der Waals surface area contributed by atoms with Crippen LogP contribution in [0.4, 0.5) is 4.79 Å². The van der Waals surface area contributed by atoms with Gasteiger partial charge in [0.25, 0.3) is 0 Å². The molecule has 0 aromatic heterocycles. The molecule has 0 aromatic rings. The van der Waals surface area contributed by atoms with Gasteiger partial charge in [-0.1, -0.05) is 0 Å². The summed E-state index contributed by atoms with van der Waals surface area (Å²) >= 11 is 0. The van der Waals surface area contributed by atoms with Gasteiger partial charge in [-0.25, -0.2) is 4.79 Å². The highest BCUT2D eigenvalue weighted by atomic mass is 16.5. The molecule has 0 saturated carbocycles. The molecule has 1 saturated heterocycles. The Hall–Kier alpha value is -1.30. The van der Waals surface area contributed by atoms with E-state index in [2.05, 4.69) is 5.32 Å². The highest BCUT2D eigenvalue weighted by Crippen LogP contribution is 2.23. The van der Waals surface area contributed by atoms with E-state index >= 15 is 0 Å². The van der Waals surface area contributed by atoms with Crippen LogP contribution in [0.15, 0.2) is 0 Å². The number of urea groups is 1. The first-order chi connectivity index (χ1) is 7.97. The van der Waals surface area contributed by atoms with Crippen molar-refractivity contribution in [1.82, 2.24) is 10.2 Å². The molecule has 1 unspecified atom stereocenters. The summed E-state index contributed by atoms with van der Waals surface area (Å²) in [6.07, 6.45) is 1.91. The molecule has 17 heavy (non-hydrogen) atoms. The van der Waals surface area contributed by atoms with Crippen molar-refractivity contribution < 1.29 is 19.4 Å². The van der Waals surface area contributed by atoms with Crippen molar-refractivity contribution in [3.05, 3.63) is 0 Å². The molecule has 1 atom stereocenters. The Morgan fingerprint density at radius 3 is 2.71 bits per heavy atom. The van der Waals surface area contributed by atoms with Crippen LogP contribution < -0.4 is 5.32 Å². The molecule has 0 spiro atoms. The average molecular weight is 244 g/mol.